The van der Waals surface area contributed by atoms with Gasteiger partial charge in [0.2, 0.25) is 0 Å². The Morgan fingerprint density at radius 3 is 3.00 bits per heavy atom. The molecular formula is C18H23NOS. The number of hydrogen-bond donors (Lipinski definition) is 1. The van der Waals surface area contributed by atoms with Gasteiger partial charge in [-0.25, -0.2) is 0 Å². The van der Waals surface area contributed by atoms with Crippen LogP contribution in [-0.2, 0) is 12.8 Å². The van der Waals surface area contributed by atoms with Gasteiger partial charge >= 0.3 is 0 Å². The van der Waals surface area contributed by atoms with Crippen LogP contribution in [0.1, 0.15) is 47.9 Å². The largest absolute Gasteiger partial charge is 0.493 e. The van der Waals surface area contributed by atoms with Gasteiger partial charge in [-0.3, -0.25) is 0 Å². The molecular weight excluding hydrogens is 278 g/mol. The average molecular weight is 301 g/mol. The molecule has 0 fully saturated rings. The minimum Gasteiger partial charge on any atom is -0.493 e. The monoisotopic (exact) mass is 301 g/mol. The van der Waals surface area contributed by atoms with Crippen LogP contribution >= 0.6 is 11.3 Å². The van der Waals surface area contributed by atoms with Gasteiger partial charge in [-0.2, -0.15) is 0 Å². The van der Waals surface area contributed by atoms with Crippen molar-refractivity contribution < 1.29 is 4.74 Å². The lowest BCUT2D eigenvalue weighted by Crippen LogP contribution is -2.23. The van der Waals surface area contributed by atoms with Crippen molar-refractivity contribution in [1.82, 2.24) is 5.32 Å². The molecule has 21 heavy (non-hydrogen) atoms. The lowest BCUT2D eigenvalue weighted by Gasteiger charge is -2.20. The summed E-state index contributed by atoms with van der Waals surface area (Å²) in [7, 11) is 0. The summed E-state index contributed by atoms with van der Waals surface area (Å²) < 4.78 is 5.63. The highest BCUT2D eigenvalue weighted by atomic mass is 32.1. The van der Waals surface area contributed by atoms with Crippen LogP contribution in [-0.4, -0.2) is 13.2 Å². The Labute approximate surface area is 131 Å². The molecule has 0 saturated heterocycles. The van der Waals surface area contributed by atoms with E-state index in [4.69, 9.17) is 4.74 Å². The third-order valence-corrected chi connectivity index (χ3v) is 5.09. The van der Waals surface area contributed by atoms with Crippen molar-refractivity contribution in [3.05, 3.63) is 51.2 Å². The topological polar surface area (TPSA) is 21.3 Å². The lowest BCUT2D eigenvalue weighted by molar-refractivity contribution is 0.357. The van der Waals surface area contributed by atoms with Crippen LogP contribution in [0.5, 0.6) is 5.75 Å². The van der Waals surface area contributed by atoms with E-state index in [1.165, 1.54) is 21.6 Å². The van der Waals surface area contributed by atoms with E-state index in [-0.39, 0.29) is 0 Å². The molecule has 0 saturated carbocycles. The second kappa shape index (κ2) is 6.63. The van der Waals surface area contributed by atoms with Crippen LogP contribution in [0.3, 0.4) is 0 Å². The second-order valence-electron chi connectivity index (χ2n) is 5.52. The SMILES string of the molecule is CCCNC(c1ccc2c(c1)CCO2)c1sccc1CC. The van der Waals surface area contributed by atoms with E-state index in [1.807, 2.05) is 11.3 Å². The van der Waals surface area contributed by atoms with E-state index >= 15 is 0 Å². The van der Waals surface area contributed by atoms with Crippen molar-refractivity contribution in [3.63, 3.8) is 0 Å². The molecule has 1 atom stereocenters. The number of nitrogens with one attached hydrogen (secondary N) is 1. The van der Waals surface area contributed by atoms with Gasteiger partial charge in [-0.1, -0.05) is 26.0 Å². The summed E-state index contributed by atoms with van der Waals surface area (Å²) in [6.07, 6.45) is 3.28. The quantitative estimate of drug-likeness (QED) is 0.857. The first-order valence-electron chi connectivity index (χ1n) is 7.88. The number of hydrogen-bond acceptors (Lipinski definition) is 3. The zero-order valence-corrected chi connectivity index (χ0v) is 13.6. The van der Waals surface area contributed by atoms with Crippen molar-refractivity contribution in [2.45, 2.75) is 39.2 Å². The molecule has 1 aliphatic rings. The normalized spacial score (nSPS) is 14.8. The summed E-state index contributed by atoms with van der Waals surface area (Å²) in [4.78, 5) is 1.46. The first kappa shape index (κ1) is 14.6. The molecule has 0 spiro atoms. The molecule has 2 aromatic rings. The van der Waals surface area contributed by atoms with Gasteiger partial charge in [-0.05, 0) is 53.6 Å². The molecule has 0 radical (unpaired) electrons. The van der Waals surface area contributed by atoms with E-state index in [0.29, 0.717) is 6.04 Å². The minimum absolute atomic E-state index is 0.311. The fourth-order valence-corrected chi connectivity index (χ4v) is 4.03. The molecule has 2 heterocycles. The fourth-order valence-electron chi connectivity index (χ4n) is 2.93. The summed E-state index contributed by atoms with van der Waals surface area (Å²) in [5.74, 6) is 1.06. The lowest BCUT2D eigenvalue weighted by atomic mass is 9.98. The van der Waals surface area contributed by atoms with Crippen molar-refractivity contribution in [2.75, 3.05) is 13.2 Å². The van der Waals surface area contributed by atoms with Crippen LogP contribution < -0.4 is 10.1 Å². The zero-order valence-electron chi connectivity index (χ0n) is 12.8. The van der Waals surface area contributed by atoms with Crippen molar-refractivity contribution in [3.8, 4) is 5.75 Å². The summed E-state index contributed by atoms with van der Waals surface area (Å²) >= 11 is 1.87. The van der Waals surface area contributed by atoms with E-state index in [1.54, 1.807) is 0 Å². The van der Waals surface area contributed by atoms with Crippen LogP contribution in [0.15, 0.2) is 29.6 Å². The third kappa shape index (κ3) is 2.99. The number of rotatable bonds is 6. The first-order chi connectivity index (χ1) is 10.3. The Balaban J connectivity index is 1.95. The maximum Gasteiger partial charge on any atom is 0.122 e. The molecule has 1 aromatic carbocycles. The highest BCUT2D eigenvalue weighted by molar-refractivity contribution is 7.10. The first-order valence-corrected chi connectivity index (χ1v) is 8.76. The van der Waals surface area contributed by atoms with Gasteiger partial charge in [0.15, 0.2) is 0 Å². The van der Waals surface area contributed by atoms with Gasteiger partial charge in [0, 0.05) is 11.3 Å². The van der Waals surface area contributed by atoms with Gasteiger partial charge in [0.05, 0.1) is 12.6 Å². The number of benzene rings is 1. The molecule has 1 aromatic heterocycles. The predicted octanol–water partition coefficient (Wildman–Crippen LogP) is 4.33. The Hall–Kier alpha value is -1.32. The van der Waals surface area contributed by atoms with Crippen LogP contribution in [0.4, 0.5) is 0 Å². The van der Waals surface area contributed by atoms with Crippen LogP contribution in [0, 0.1) is 0 Å². The summed E-state index contributed by atoms with van der Waals surface area (Å²) in [6.45, 7) is 6.32. The standard InChI is InChI=1S/C18H23NOS/c1-3-9-19-17(18-13(4-2)8-11-21-18)15-5-6-16-14(12-15)7-10-20-16/h5-6,8,11-12,17,19H,3-4,7,9-10H2,1-2H3. The molecule has 112 valence electrons. The average Bonchev–Trinajstić information content (AvgIpc) is 3.15. The molecule has 1 aliphatic heterocycles. The Bertz CT molecular complexity index is 605. The second-order valence-corrected chi connectivity index (χ2v) is 6.46. The Morgan fingerprint density at radius 1 is 1.29 bits per heavy atom. The maximum absolute atomic E-state index is 5.63. The smallest absolute Gasteiger partial charge is 0.122 e. The van der Waals surface area contributed by atoms with Crippen molar-refractivity contribution in [2.24, 2.45) is 0 Å². The molecule has 1 N–H and O–H groups in total. The van der Waals surface area contributed by atoms with E-state index in [0.717, 1.165) is 38.2 Å². The van der Waals surface area contributed by atoms with Gasteiger partial charge in [-0.15, -0.1) is 11.3 Å². The molecule has 1 unspecified atom stereocenters. The van der Waals surface area contributed by atoms with Crippen molar-refractivity contribution >= 4 is 11.3 Å². The van der Waals surface area contributed by atoms with E-state index in [9.17, 15) is 0 Å². The predicted molar refractivity (Wildman–Crippen MR) is 89.5 cm³/mol. The molecule has 3 rings (SSSR count). The zero-order chi connectivity index (χ0) is 14.7. The van der Waals surface area contributed by atoms with E-state index < -0.39 is 0 Å². The summed E-state index contributed by atoms with van der Waals surface area (Å²) in [6, 6.07) is 9.26. The fraction of sp³-hybridized carbons (Fsp3) is 0.444. The molecule has 3 heteroatoms. The van der Waals surface area contributed by atoms with E-state index in [2.05, 4.69) is 48.8 Å². The Morgan fingerprint density at radius 2 is 2.19 bits per heavy atom. The Kier molecular flexibility index (Phi) is 4.61. The summed E-state index contributed by atoms with van der Waals surface area (Å²) in [5, 5.41) is 5.94. The highest BCUT2D eigenvalue weighted by Gasteiger charge is 2.20. The van der Waals surface area contributed by atoms with Gasteiger partial charge < -0.3 is 10.1 Å². The minimum atomic E-state index is 0.311. The van der Waals surface area contributed by atoms with Gasteiger partial charge in [0.25, 0.3) is 0 Å². The third-order valence-electron chi connectivity index (χ3n) is 4.07. The van der Waals surface area contributed by atoms with Gasteiger partial charge in [0.1, 0.15) is 5.75 Å². The van der Waals surface area contributed by atoms with Crippen molar-refractivity contribution in [1.29, 1.82) is 0 Å². The molecule has 0 aliphatic carbocycles. The molecule has 0 bridgehead atoms. The maximum atomic E-state index is 5.63. The number of ether oxygens (including phenoxy) is 1. The summed E-state index contributed by atoms with van der Waals surface area (Å²) in [5.41, 5.74) is 4.18. The van der Waals surface area contributed by atoms with Crippen LogP contribution in [0.25, 0.3) is 0 Å². The number of thiophene rings is 1. The van der Waals surface area contributed by atoms with Crippen LogP contribution in [0.2, 0.25) is 0 Å². The molecule has 0 amide bonds. The number of aryl methyl sites for hydroxylation is 1. The number of fused-ring (bicyclic) bond motifs is 1. The highest BCUT2D eigenvalue weighted by Crippen LogP contribution is 2.34. The molecule has 2 nitrogen and oxygen atoms in total.